The lowest BCUT2D eigenvalue weighted by molar-refractivity contribution is 0.0734. The van der Waals surface area contributed by atoms with E-state index in [2.05, 4.69) is 15.3 Å². The van der Waals surface area contributed by atoms with Crippen molar-refractivity contribution in [2.75, 3.05) is 5.32 Å². The number of rotatable bonds is 7. The maximum absolute atomic E-state index is 13.3. The minimum atomic E-state index is -0.357. The van der Waals surface area contributed by atoms with Crippen molar-refractivity contribution in [1.82, 2.24) is 14.9 Å². The number of hydrogen-bond donors (Lipinski definition) is 1. The van der Waals surface area contributed by atoms with Gasteiger partial charge in [0.2, 0.25) is 0 Å². The van der Waals surface area contributed by atoms with Crippen LogP contribution in [0, 0.1) is 0 Å². The van der Waals surface area contributed by atoms with E-state index in [1.165, 1.54) is 17.6 Å². The second-order valence-corrected chi connectivity index (χ2v) is 7.56. The van der Waals surface area contributed by atoms with Gasteiger partial charge in [0.05, 0.1) is 16.1 Å². The Balaban J connectivity index is 1.52. The van der Waals surface area contributed by atoms with E-state index in [9.17, 15) is 9.59 Å². The van der Waals surface area contributed by atoms with Gasteiger partial charge in [0.15, 0.2) is 5.76 Å². The van der Waals surface area contributed by atoms with Crippen molar-refractivity contribution in [2.45, 2.75) is 13.1 Å². The Bertz CT molecular complexity index is 1070. The highest BCUT2D eigenvalue weighted by Gasteiger charge is 2.20. The van der Waals surface area contributed by atoms with Crippen molar-refractivity contribution in [3.63, 3.8) is 0 Å². The van der Waals surface area contributed by atoms with Crippen molar-refractivity contribution < 1.29 is 14.0 Å². The number of thiophene rings is 1. The molecule has 0 aliphatic heterocycles. The number of anilines is 1. The number of amides is 2. The first kappa shape index (κ1) is 19.5. The Kier molecular flexibility index (Phi) is 5.95. The highest BCUT2D eigenvalue weighted by atomic mass is 32.1. The minimum absolute atomic E-state index is 0.126. The van der Waals surface area contributed by atoms with E-state index in [1.54, 1.807) is 54.0 Å². The molecule has 4 aromatic rings. The summed E-state index contributed by atoms with van der Waals surface area (Å²) in [5, 5.41) is 3.33. The molecule has 7 nitrogen and oxygen atoms in total. The van der Waals surface area contributed by atoms with Crippen molar-refractivity contribution in [1.29, 1.82) is 0 Å². The molecule has 0 fully saturated rings. The van der Waals surface area contributed by atoms with Crippen LogP contribution in [0.15, 0.2) is 84.0 Å². The average molecular weight is 418 g/mol. The van der Waals surface area contributed by atoms with Crippen LogP contribution in [-0.2, 0) is 13.1 Å². The first-order valence-corrected chi connectivity index (χ1v) is 10.0. The third kappa shape index (κ3) is 4.79. The Labute approximate surface area is 177 Å². The Morgan fingerprint density at radius 1 is 0.933 bits per heavy atom. The fraction of sp³-hybridized carbons (Fsp3) is 0.0909. The molecule has 1 N–H and O–H groups in total. The van der Waals surface area contributed by atoms with E-state index in [0.717, 1.165) is 11.1 Å². The Morgan fingerprint density at radius 2 is 1.77 bits per heavy atom. The Hall–Kier alpha value is -3.78. The summed E-state index contributed by atoms with van der Waals surface area (Å²) < 4.78 is 5.10. The average Bonchev–Trinajstić information content (AvgIpc) is 3.47. The van der Waals surface area contributed by atoms with Gasteiger partial charge in [-0.15, -0.1) is 11.3 Å². The SMILES string of the molecule is O=C(Nc1ccc(C(=O)N(Cc2ccncc2)Cc2cccnc2)s1)c1ccco1. The number of nitrogens with one attached hydrogen (secondary N) is 1. The number of hydrogen-bond acceptors (Lipinski definition) is 6. The molecular formula is C22H18N4O3S. The molecule has 4 heterocycles. The highest BCUT2D eigenvalue weighted by Crippen LogP contribution is 2.25. The van der Waals surface area contributed by atoms with Gasteiger partial charge < -0.3 is 14.6 Å². The van der Waals surface area contributed by atoms with E-state index in [-0.39, 0.29) is 17.6 Å². The molecule has 0 unspecified atom stereocenters. The lowest BCUT2D eigenvalue weighted by Crippen LogP contribution is -2.29. The third-order valence-corrected chi connectivity index (χ3v) is 5.29. The van der Waals surface area contributed by atoms with Gasteiger partial charge in [-0.2, -0.15) is 0 Å². The fourth-order valence-corrected chi connectivity index (χ4v) is 3.75. The number of carbonyl (C=O) groups is 2. The van der Waals surface area contributed by atoms with Crippen LogP contribution < -0.4 is 5.32 Å². The first-order chi connectivity index (χ1) is 14.7. The highest BCUT2D eigenvalue weighted by molar-refractivity contribution is 7.18. The smallest absolute Gasteiger partial charge is 0.291 e. The molecule has 0 saturated carbocycles. The molecule has 0 spiro atoms. The normalized spacial score (nSPS) is 10.5. The van der Waals surface area contributed by atoms with E-state index in [0.29, 0.717) is 23.0 Å². The summed E-state index contributed by atoms with van der Waals surface area (Å²) in [6.07, 6.45) is 8.29. The summed E-state index contributed by atoms with van der Waals surface area (Å²) in [5.41, 5.74) is 1.91. The summed E-state index contributed by atoms with van der Waals surface area (Å²) in [4.78, 5) is 35.9. The van der Waals surface area contributed by atoms with Crippen LogP contribution in [-0.4, -0.2) is 26.7 Å². The maximum Gasteiger partial charge on any atom is 0.291 e. The van der Waals surface area contributed by atoms with Crippen LogP contribution in [0.2, 0.25) is 0 Å². The van der Waals surface area contributed by atoms with Crippen LogP contribution in [0.25, 0.3) is 0 Å². The first-order valence-electron chi connectivity index (χ1n) is 9.21. The molecule has 0 aliphatic carbocycles. The van der Waals surface area contributed by atoms with Crippen molar-refractivity contribution in [3.05, 3.63) is 101 Å². The standard InChI is InChI=1S/C22H18N4O3S/c27-21(18-4-2-12-29-18)25-20-6-5-19(30-20)22(28)26(14-16-7-10-23-11-8-16)15-17-3-1-9-24-13-17/h1-13H,14-15H2,(H,25,27). The summed E-state index contributed by atoms with van der Waals surface area (Å²) in [7, 11) is 0. The van der Waals surface area contributed by atoms with Gasteiger partial charge in [-0.3, -0.25) is 19.6 Å². The fourth-order valence-electron chi connectivity index (χ4n) is 2.88. The predicted molar refractivity (Wildman–Crippen MR) is 113 cm³/mol. The predicted octanol–water partition coefficient (Wildman–Crippen LogP) is 4.23. The molecule has 0 bridgehead atoms. The summed E-state index contributed by atoms with van der Waals surface area (Å²) in [6.45, 7) is 0.850. The molecule has 0 saturated heterocycles. The van der Waals surface area contributed by atoms with Gasteiger partial charge >= 0.3 is 0 Å². The zero-order valence-electron chi connectivity index (χ0n) is 15.9. The summed E-state index contributed by atoms with van der Waals surface area (Å²) >= 11 is 1.22. The molecule has 150 valence electrons. The van der Waals surface area contributed by atoms with Crippen LogP contribution in [0.4, 0.5) is 5.00 Å². The molecule has 0 atom stereocenters. The minimum Gasteiger partial charge on any atom is -0.459 e. The lowest BCUT2D eigenvalue weighted by atomic mass is 10.2. The molecule has 0 aromatic carbocycles. The summed E-state index contributed by atoms with van der Waals surface area (Å²) in [6, 6.07) is 14.2. The maximum atomic E-state index is 13.3. The summed E-state index contributed by atoms with van der Waals surface area (Å²) in [5.74, 6) is -0.267. The van der Waals surface area contributed by atoms with Crippen LogP contribution in [0.5, 0.6) is 0 Å². The van der Waals surface area contributed by atoms with Gasteiger partial charge in [-0.25, -0.2) is 0 Å². The largest absolute Gasteiger partial charge is 0.459 e. The molecule has 2 amide bonds. The van der Waals surface area contributed by atoms with E-state index in [1.807, 2.05) is 24.3 Å². The quantitative estimate of drug-likeness (QED) is 0.485. The molecule has 4 rings (SSSR count). The van der Waals surface area contributed by atoms with Gasteiger partial charge in [-0.1, -0.05) is 6.07 Å². The van der Waals surface area contributed by atoms with Crippen LogP contribution in [0.3, 0.4) is 0 Å². The van der Waals surface area contributed by atoms with Crippen molar-refractivity contribution in [3.8, 4) is 0 Å². The second-order valence-electron chi connectivity index (χ2n) is 6.47. The second kappa shape index (κ2) is 9.15. The number of nitrogens with zero attached hydrogens (tertiary/aromatic N) is 3. The van der Waals surface area contributed by atoms with Crippen molar-refractivity contribution >= 4 is 28.2 Å². The zero-order valence-corrected chi connectivity index (χ0v) is 16.7. The van der Waals surface area contributed by atoms with Crippen LogP contribution in [0.1, 0.15) is 31.4 Å². The number of pyridine rings is 2. The van der Waals surface area contributed by atoms with E-state index in [4.69, 9.17) is 4.42 Å². The monoisotopic (exact) mass is 418 g/mol. The topological polar surface area (TPSA) is 88.3 Å². The zero-order chi connectivity index (χ0) is 20.8. The lowest BCUT2D eigenvalue weighted by Gasteiger charge is -2.22. The van der Waals surface area contributed by atoms with Gasteiger partial charge in [0, 0.05) is 37.9 Å². The number of furan rings is 1. The number of carbonyl (C=O) groups excluding carboxylic acids is 2. The number of aromatic nitrogens is 2. The molecule has 8 heteroatoms. The van der Waals surface area contributed by atoms with Gasteiger partial charge in [0.25, 0.3) is 11.8 Å². The molecular weight excluding hydrogens is 400 g/mol. The molecule has 0 radical (unpaired) electrons. The molecule has 0 aliphatic rings. The van der Waals surface area contributed by atoms with Gasteiger partial charge in [0.1, 0.15) is 0 Å². The third-order valence-electron chi connectivity index (χ3n) is 4.30. The van der Waals surface area contributed by atoms with Gasteiger partial charge in [-0.05, 0) is 53.6 Å². The van der Waals surface area contributed by atoms with Crippen molar-refractivity contribution in [2.24, 2.45) is 0 Å². The Morgan fingerprint density at radius 3 is 2.50 bits per heavy atom. The molecule has 4 aromatic heterocycles. The van der Waals surface area contributed by atoms with E-state index >= 15 is 0 Å². The van der Waals surface area contributed by atoms with E-state index < -0.39 is 0 Å². The molecule has 30 heavy (non-hydrogen) atoms. The van der Waals surface area contributed by atoms with Crippen LogP contribution >= 0.6 is 11.3 Å².